The third kappa shape index (κ3) is 4.55. The van der Waals surface area contributed by atoms with Gasteiger partial charge in [-0.05, 0) is 55.5 Å². The molecule has 2 fully saturated rings. The molecule has 1 N–H and O–H groups in total. The Morgan fingerprint density at radius 2 is 1.97 bits per heavy atom. The quantitative estimate of drug-likeness (QED) is 0.671. The van der Waals surface area contributed by atoms with Gasteiger partial charge in [0.2, 0.25) is 0 Å². The molecule has 0 aliphatic carbocycles. The van der Waals surface area contributed by atoms with Crippen LogP contribution in [0.4, 0.5) is 9.18 Å². The number of aryl methyl sites for hydroxylation is 1. The van der Waals surface area contributed by atoms with Crippen LogP contribution in [0.3, 0.4) is 0 Å². The van der Waals surface area contributed by atoms with Crippen LogP contribution in [-0.2, 0) is 24.8 Å². The number of rotatable bonds is 7. The molecule has 2 aromatic rings. The Kier molecular flexibility index (Phi) is 6.33. The molecule has 1 aromatic carbocycles. The summed E-state index contributed by atoms with van der Waals surface area (Å²) in [5, 5.41) is 7.30. The van der Waals surface area contributed by atoms with Gasteiger partial charge in [-0.2, -0.15) is 5.10 Å². The number of benzene rings is 1. The van der Waals surface area contributed by atoms with Crippen molar-refractivity contribution < 1.29 is 14.0 Å². The lowest BCUT2D eigenvalue weighted by atomic mass is 9.73. The lowest BCUT2D eigenvalue weighted by Gasteiger charge is -2.41. The molecule has 3 heterocycles. The van der Waals surface area contributed by atoms with Crippen molar-refractivity contribution >= 4 is 11.9 Å². The summed E-state index contributed by atoms with van der Waals surface area (Å²) in [6.45, 7) is 6.84. The Bertz CT molecular complexity index is 982. The van der Waals surface area contributed by atoms with Crippen LogP contribution in [0.1, 0.15) is 37.8 Å². The molecule has 0 bridgehead atoms. The average molecular weight is 442 g/mol. The van der Waals surface area contributed by atoms with Crippen LogP contribution in [-0.4, -0.2) is 56.7 Å². The first kappa shape index (κ1) is 22.5. The molecule has 3 amide bonds. The van der Waals surface area contributed by atoms with E-state index in [1.807, 2.05) is 39.4 Å². The highest BCUT2D eigenvalue weighted by molar-refractivity contribution is 6.07. The number of hydrogen-bond acceptors (Lipinski definition) is 4. The van der Waals surface area contributed by atoms with E-state index < -0.39 is 5.54 Å². The molecule has 2 aliphatic rings. The van der Waals surface area contributed by atoms with Gasteiger partial charge in [-0.3, -0.25) is 19.3 Å². The third-order valence-corrected chi connectivity index (χ3v) is 6.57. The van der Waals surface area contributed by atoms with E-state index in [1.165, 1.54) is 17.0 Å². The van der Waals surface area contributed by atoms with E-state index in [4.69, 9.17) is 0 Å². The molecule has 0 spiro atoms. The highest BCUT2D eigenvalue weighted by Crippen LogP contribution is 2.37. The molecule has 0 radical (unpaired) electrons. The molecular weight excluding hydrogens is 409 g/mol. The van der Waals surface area contributed by atoms with Gasteiger partial charge in [0.05, 0.1) is 6.20 Å². The van der Waals surface area contributed by atoms with Gasteiger partial charge in [-0.25, -0.2) is 9.18 Å². The Labute approximate surface area is 188 Å². The molecular formula is C24H32FN5O2. The summed E-state index contributed by atoms with van der Waals surface area (Å²) in [5.41, 5.74) is 0.858. The van der Waals surface area contributed by atoms with E-state index in [1.54, 1.807) is 10.7 Å². The number of carbonyl (C=O) groups excluding carboxylic acids is 2. The molecule has 2 aliphatic heterocycles. The number of nitrogens with one attached hydrogen (secondary N) is 1. The van der Waals surface area contributed by atoms with E-state index in [2.05, 4.69) is 15.3 Å². The van der Waals surface area contributed by atoms with Crippen molar-refractivity contribution in [2.75, 3.05) is 19.6 Å². The molecule has 172 valence electrons. The molecule has 8 heteroatoms. The number of amides is 3. The van der Waals surface area contributed by atoms with Gasteiger partial charge in [0, 0.05) is 38.3 Å². The minimum atomic E-state index is -1.03. The second-order valence-electron chi connectivity index (χ2n) is 9.59. The van der Waals surface area contributed by atoms with Gasteiger partial charge >= 0.3 is 6.03 Å². The van der Waals surface area contributed by atoms with Crippen LogP contribution < -0.4 is 5.32 Å². The van der Waals surface area contributed by atoms with Crippen LogP contribution in [0.15, 0.2) is 36.7 Å². The van der Waals surface area contributed by atoms with E-state index in [0.717, 1.165) is 43.6 Å². The highest BCUT2D eigenvalue weighted by Gasteiger charge is 2.55. The Morgan fingerprint density at radius 3 is 2.59 bits per heavy atom. The number of urea groups is 1. The number of likely N-dealkylation sites (tertiary alicyclic amines) is 1. The molecule has 2 saturated heterocycles. The average Bonchev–Trinajstić information content (AvgIpc) is 3.25. The van der Waals surface area contributed by atoms with Crippen molar-refractivity contribution in [3.05, 3.63) is 53.6 Å². The molecule has 4 rings (SSSR count). The van der Waals surface area contributed by atoms with Crippen molar-refractivity contribution in [1.29, 1.82) is 0 Å². The summed E-state index contributed by atoms with van der Waals surface area (Å²) >= 11 is 0. The zero-order chi connectivity index (χ0) is 22.9. The Hall–Kier alpha value is -2.74. The van der Waals surface area contributed by atoms with Crippen molar-refractivity contribution in [3.8, 4) is 0 Å². The minimum absolute atomic E-state index is 0.00970. The number of imide groups is 1. The summed E-state index contributed by atoms with van der Waals surface area (Å²) in [7, 11) is 1.91. The first-order valence-corrected chi connectivity index (χ1v) is 11.4. The normalized spacial score (nSPS) is 22.7. The maximum Gasteiger partial charge on any atom is 0.325 e. The maximum atomic E-state index is 13.9. The van der Waals surface area contributed by atoms with E-state index >= 15 is 0 Å². The van der Waals surface area contributed by atoms with Gasteiger partial charge in [0.15, 0.2) is 0 Å². The number of aromatic nitrogens is 2. The zero-order valence-electron chi connectivity index (χ0n) is 19.1. The second kappa shape index (κ2) is 9.02. The van der Waals surface area contributed by atoms with Gasteiger partial charge in [0.1, 0.15) is 11.4 Å². The van der Waals surface area contributed by atoms with Crippen LogP contribution in [0.2, 0.25) is 0 Å². The van der Waals surface area contributed by atoms with E-state index in [0.29, 0.717) is 13.0 Å². The van der Waals surface area contributed by atoms with Gasteiger partial charge in [0.25, 0.3) is 5.91 Å². The molecule has 32 heavy (non-hydrogen) atoms. The Morgan fingerprint density at radius 1 is 1.22 bits per heavy atom. The molecule has 7 nitrogen and oxygen atoms in total. The number of hydrogen-bond donors (Lipinski definition) is 1. The molecule has 1 aromatic heterocycles. The molecule has 1 atom stereocenters. The summed E-state index contributed by atoms with van der Waals surface area (Å²) in [4.78, 5) is 30.2. The van der Waals surface area contributed by atoms with Crippen molar-refractivity contribution in [1.82, 2.24) is 24.9 Å². The predicted molar refractivity (Wildman–Crippen MR) is 119 cm³/mol. The SMILES string of the molecule is CC(C)CN1C(=O)NC(Cc2cccc(F)c2)(C2CCN(Cc3cnn(C)c3)CC2)C1=O. The van der Waals surface area contributed by atoms with Crippen LogP contribution >= 0.6 is 0 Å². The Balaban J connectivity index is 1.55. The fourth-order valence-electron chi connectivity index (χ4n) is 5.08. The smallest absolute Gasteiger partial charge is 0.322 e. The largest absolute Gasteiger partial charge is 0.325 e. The number of carbonyl (C=O) groups is 2. The monoisotopic (exact) mass is 441 g/mol. The van der Waals surface area contributed by atoms with Crippen LogP contribution in [0, 0.1) is 17.7 Å². The summed E-state index contributed by atoms with van der Waals surface area (Å²) < 4.78 is 15.7. The molecule has 0 saturated carbocycles. The van der Waals surface area contributed by atoms with Crippen molar-refractivity contribution in [3.63, 3.8) is 0 Å². The van der Waals surface area contributed by atoms with E-state index in [-0.39, 0.29) is 29.6 Å². The zero-order valence-corrected chi connectivity index (χ0v) is 19.1. The number of nitrogens with zero attached hydrogens (tertiary/aromatic N) is 4. The van der Waals surface area contributed by atoms with Gasteiger partial charge < -0.3 is 5.32 Å². The first-order chi connectivity index (χ1) is 15.3. The summed E-state index contributed by atoms with van der Waals surface area (Å²) in [6.07, 6.45) is 5.77. The van der Waals surface area contributed by atoms with Crippen LogP contribution in [0.5, 0.6) is 0 Å². The lowest BCUT2D eigenvalue weighted by Crippen LogP contribution is -2.57. The van der Waals surface area contributed by atoms with E-state index in [9.17, 15) is 14.0 Å². The fourth-order valence-corrected chi connectivity index (χ4v) is 5.08. The topological polar surface area (TPSA) is 70.5 Å². The third-order valence-electron chi connectivity index (χ3n) is 6.57. The highest BCUT2D eigenvalue weighted by atomic mass is 19.1. The standard InChI is InChI=1S/C24H32FN5O2/c1-17(2)14-30-22(31)24(27-23(30)32,12-18-5-4-6-21(25)11-18)20-7-9-29(10-8-20)16-19-13-26-28(3)15-19/h4-6,11,13,15,17,20H,7-10,12,14,16H2,1-3H3,(H,27,32). The lowest BCUT2D eigenvalue weighted by molar-refractivity contribution is -0.134. The van der Waals surface area contributed by atoms with Gasteiger partial charge in [-0.15, -0.1) is 0 Å². The van der Waals surface area contributed by atoms with Crippen molar-refractivity contribution in [2.45, 2.75) is 45.2 Å². The molecule has 1 unspecified atom stereocenters. The number of piperidine rings is 1. The fraction of sp³-hybridized carbons (Fsp3) is 0.542. The summed E-state index contributed by atoms with van der Waals surface area (Å²) in [5.74, 6) is -0.341. The van der Waals surface area contributed by atoms with Crippen molar-refractivity contribution in [2.24, 2.45) is 18.9 Å². The summed E-state index contributed by atoms with van der Waals surface area (Å²) in [6, 6.07) is 6.00. The second-order valence-corrected chi connectivity index (χ2v) is 9.59. The minimum Gasteiger partial charge on any atom is -0.322 e. The van der Waals surface area contributed by atoms with Crippen LogP contribution in [0.25, 0.3) is 0 Å². The maximum absolute atomic E-state index is 13.9. The predicted octanol–water partition coefficient (Wildman–Crippen LogP) is 2.96. The number of halogens is 1. The first-order valence-electron chi connectivity index (χ1n) is 11.4. The van der Waals surface area contributed by atoms with Gasteiger partial charge in [-0.1, -0.05) is 26.0 Å².